The third kappa shape index (κ3) is 1.86. The highest BCUT2D eigenvalue weighted by Crippen LogP contribution is 2.56. The SMILES string of the molecule is Cc1cc(N2CC3(CCC3)C3COCC32)ccn1.Cl. The van der Waals surface area contributed by atoms with E-state index in [2.05, 4.69) is 28.9 Å². The van der Waals surface area contributed by atoms with E-state index in [1.165, 1.54) is 31.5 Å². The Kier molecular flexibility index (Phi) is 3.22. The molecule has 0 bridgehead atoms. The van der Waals surface area contributed by atoms with Crippen molar-refractivity contribution in [2.75, 3.05) is 24.7 Å². The van der Waals surface area contributed by atoms with Crippen LogP contribution >= 0.6 is 12.4 Å². The number of pyridine rings is 1. The van der Waals surface area contributed by atoms with Gasteiger partial charge < -0.3 is 9.64 Å². The molecule has 2 atom stereocenters. The average Bonchev–Trinajstić information content (AvgIpc) is 2.86. The van der Waals surface area contributed by atoms with Crippen molar-refractivity contribution >= 4 is 18.1 Å². The van der Waals surface area contributed by atoms with E-state index >= 15 is 0 Å². The van der Waals surface area contributed by atoms with Crippen LogP contribution in [0.5, 0.6) is 0 Å². The maximum absolute atomic E-state index is 5.77. The molecule has 2 aliphatic heterocycles. The van der Waals surface area contributed by atoms with Gasteiger partial charge >= 0.3 is 0 Å². The van der Waals surface area contributed by atoms with Crippen molar-refractivity contribution in [3.8, 4) is 0 Å². The Balaban J connectivity index is 0.00000110. The van der Waals surface area contributed by atoms with Crippen LogP contribution in [0, 0.1) is 18.3 Å². The van der Waals surface area contributed by atoms with Gasteiger partial charge in [-0.3, -0.25) is 4.98 Å². The van der Waals surface area contributed by atoms with E-state index in [4.69, 9.17) is 4.74 Å². The Labute approximate surface area is 120 Å². The summed E-state index contributed by atoms with van der Waals surface area (Å²) in [7, 11) is 0. The van der Waals surface area contributed by atoms with Crippen LogP contribution in [0.15, 0.2) is 18.3 Å². The van der Waals surface area contributed by atoms with Crippen molar-refractivity contribution < 1.29 is 4.74 Å². The van der Waals surface area contributed by atoms with Gasteiger partial charge in [0, 0.05) is 30.0 Å². The standard InChI is InChI=1S/C15H20N2O.ClH/c1-11-7-12(3-6-16-11)17-10-15(4-2-5-15)13-8-18-9-14(13)17;/h3,6-7,13-14H,2,4-5,8-10H2,1H3;1H. The molecule has 4 rings (SSSR count). The summed E-state index contributed by atoms with van der Waals surface area (Å²) >= 11 is 0. The van der Waals surface area contributed by atoms with Crippen molar-refractivity contribution in [3.05, 3.63) is 24.0 Å². The minimum absolute atomic E-state index is 0. The first kappa shape index (κ1) is 13.2. The van der Waals surface area contributed by atoms with Crippen LogP contribution in [0.3, 0.4) is 0 Å². The number of anilines is 1. The average molecular weight is 281 g/mol. The molecular weight excluding hydrogens is 260 g/mol. The molecule has 0 N–H and O–H groups in total. The topological polar surface area (TPSA) is 25.4 Å². The van der Waals surface area contributed by atoms with E-state index < -0.39 is 0 Å². The van der Waals surface area contributed by atoms with Gasteiger partial charge in [-0.1, -0.05) is 6.42 Å². The maximum Gasteiger partial charge on any atom is 0.0673 e. The predicted molar refractivity (Wildman–Crippen MR) is 77.9 cm³/mol. The first-order valence-corrected chi connectivity index (χ1v) is 7.06. The van der Waals surface area contributed by atoms with E-state index in [1.54, 1.807) is 0 Å². The first-order valence-electron chi connectivity index (χ1n) is 7.06. The number of aryl methyl sites for hydroxylation is 1. The number of ether oxygens (including phenoxy) is 1. The lowest BCUT2D eigenvalue weighted by atomic mass is 9.62. The van der Waals surface area contributed by atoms with Crippen LogP contribution < -0.4 is 4.90 Å². The minimum atomic E-state index is 0. The lowest BCUT2D eigenvalue weighted by Crippen LogP contribution is -2.38. The summed E-state index contributed by atoms with van der Waals surface area (Å²) < 4.78 is 5.77. The summed E-state index contributed by atoms with van der Waals surface area (Å²) in [6.07, 6.45) is 6.14. The molecule has 19 heavy (non-hydrogen) atoms. The summed E-state index contributed by atoms with van der Waals surface area (Å²) in [6.45, 7) is 5.19. The number of fused-ring (bicyclic) bond motifs is 2. The van der Waals surface area contributed by atoms with Crippen molar-refractivity contribution in [1.82, 2.24) is 4.98 Å². The van der Waals surface area contributed by atoms with Crippen molar-refractivity contribution in [2.24, 2.45) is 11.3 Å². The van der Waals surface area contributed by atoms with Gasteiger partial charge in [0.2, 0.25) is 0 Å². The summed E-state index contributed by atoms with van der Waals surface area (Å²) in [5.41, 5.74) is 3.02. The molecule has 2 saturated heterocycles. The maximum atomic E-state index is 5.77. The second-order valence-electron chi connectivity index (χ2n) is 6.21. The second kappa shape index (κ2) is 4.64. The van der Waals surface area contributed by atoms with Crippen LogP contribution in [-0.2, 0) is 4.74 Å². The second-order valence-corrected chi connectivity index (χ2v) is 6.21. The highest BCUT2D eigenvalue weighted by atomic mass is 35.5. The molecular formula is C15H21ClN2O. The fourth-order valence-corrected chi connectivity index (χ4v) is 4.16. The van der Waals surface area contributed by atoms with Gasteiger partial charge in [0.05, 0.1) is 19.3 Å². The normalized spacial score (nSPS) is 30.9. The van der Waals surface area contributed by atoms with E-state index in [9.17, 15) is 0 Å². The zero-order valence-electron chi connectivity index (χ0n) is 11.3. The first-order chi connectivity index (χ1) is 8.78. The Bertz CT molecular complexity index is 475. The third-order valence-corrected chi connectivity index (χ3v) is 5.28. The van der Waals surface area contributed by atoms with Crippen LogP contribution in [0.2, 0.25) is 0 Å². The van der Waals surface area contributed by atoms with Gasteiger partial charge in [0.1, 0.15) is 0 Å². The number of rotatable bonds is 1. The number of halogens is 1. The smallest absolute Gasteiger partial charge is 0.0673 e. The van der Waals surface area contributed by atoms with E-state index in [1.807, 2.05) is 6.20 Å². The molecule has 2 unspecified atom stereocenters. The Hall–Kier alpha value is -0.800. The van der Waals surface area contributed by atoms with Crippen LogP contribution in [-0.4, -0.2) is 30.8 Å². The van der Waals surface area contributed by atoms with Gasteiger partial charge in [0.25, 0.3) is 0 Å². The molecule has 1 saturated carbocycles. The molecule has 0 radical (unpaired) electrons. The van der Waals surface area contributed by atoms with Crippen molar-refractivity contribution in [2.45, 2.75) is 32.2 Å². The van der Waals surface area contributed by atoms with Crippen LogP contribution in [0.4, 0.5) is 5.69 Å². The van der Waals surface area contributed by atoms with E-state index in [0.717, 1.165) is 24.8 Å². The van der Waals surface area contributed by atoms with Gasteiger partial charge in [0.15, 0.2) is 0 Å². The highest BCUT2D eigenvalue weighted by molar-refractivity contribution is 5.85. The summed E-state index contributed by atoms with van der Waals surface area (Å²) in [5, 5.41) is 0. The fraction of sp³-hybridized carbons (Fsp3) is 0.667. The van der Waals surface area contributed by atoms with Crippen molar-refractivity contribution in [1.29, 1.82) is 0 Å². The number of nitrogens with zero attached hydrogens (tertiary/aromatic N) is 2. The van der Waals surface area contributed by atoms with E-state index in [-0.39, 0.29) is 12.4 Å². The molecule has 3 nitrogen and oxygen atoms in total. The zero-order chi connectivity index (χ0) is 12.2. The molecule has 0 amide bonds. The molecule has 3 aliphatic rings. The summed E-state index contributed by atoms with van der Waals surface area (Å²) in [5.74, 6) is 0.764. The van der Waals surface area contributed by atoms with Crippen LogP contribution in [0.25, 0.3) is 0 Å². The van der Waals surface area contributed by atoms with Gasteiger partial charge in [-0.25, -0.2) is 0 Å². The Morgan fingerprint density at radius 3 is 2.89 bits per heavy atom. The van der Waals surface area contributed by atoms with Gasteiger partial charge in [-0.15, -0.1) is 12.4 Å². The van der Waals surface area contributed by atoms with E-state index in [0.29, 0.717) is 11.5 Å². The zero-order valence-corrected chi connectivity index (χ0v) is 12.2. The summed E-state index contributed by atoms with van der Waals surface area (Å²) in [6, 6.07) is 4.97. The molecule has 1 aromatic heterocycles. The quantitative estimate of drug-likeness (QED) is 0.791. The number of hydrogen-bond acceptors (Lipinski definition) is 3. The van der Waals surface area contributed by atoms with Gasteiger partial charge in [-0.2, -0.15) is 0 Å². The van der Waals surface area contributed by atoms with Crippen molar-refractivity contribution in [3.63, 3.8) is 0 Å². The lowest BCUT2D eigenvalue weighted by Gasteiger charge is -2.42. The predicted octanol–water partition coefficient (Wildman–Crippen LogP) is 2.82. The molecule has 1 aliphatic carbocycles. The minimum Gasteiger partial charge on any atom is -0.379 e. The molecule has 104 valence electrons. The number of hydrogen-bond donors (Lipinski definition) is 0. The summed E-state index contributed by atoms with van der Waals surface area (Å²) in [4.78, 5) is 6.90. The molecule has 3 heterocycles. The molecule has 4 heteroatoms. The molecule has 1 aromatic rings. The fourth-order valence-electron chi connectivity index (χ4n) is 4.16. The Morgan fingerprint density at radius 1 is 1.37 bits per heavy atom. The Morgan fingerprint density at radius 2 is 2.21 bits per heavy atom. The largest absolute Gasteiger partial charge is 0.379 e. The highest BCUT2D eigenvalue weighted by Gasteiger charge is 2.57. The molecule has 1 spiro atoms. The number of aromatic nitrogens is 1. The third-order valence-electron chi connectivity index (χ3n) is 5.28. The van der Waals surface area contributed by atoms with Crippen LogP contribution in [0.1, 0.15) is 25.0 Å². The monoisotopic (exact) mass is 280 g/mol. The molecule has 3 fully saturated rings. The molecule has 0 aromatic carbocycles. The van der Waals surface area contributed by atoms with Gasteiger partial charge in [-0.05, 0) is 37.3 Å². The lowest BCUT2D eigenvalue weighted by molar-refractivity contribution is 0.0672.